The third-order valence-corrected chi connectivity index (χ3v) is 1.43. The van der Waals surface area contributed by atoms with Gasteiger partial charge in [0.2, 0.25) is 0 Å². The number of methoxy groups -OCH3 is 1. The van der Waals surface area contributed by atoms with Crippen molar-refractivity contribution in [3.63, 3.8) is 0 Å². The molecule has 0 amide bonds. The summed E-state index contributed by atoms with van der Waals surface area (Å²) < 4.78 is 10.2. The van der Waals surface area contributed by atoms with E-state index >= 15 is 0 Å². The van der Waals surface area contributed by atoms with E-state index in [4.69, 9.17) is 9.47 Å². The monoisotopic (exact) mass is 166 g/mol. The summed E-state index contributed by atoms with van der Waals surface area (Å²) in [6, 6.07) is 4.65. The van der Waals surface area contributed by atoms with Gasteiger partial charge in [-0.15, -0.1) is 0 Å². The predicted molar refractivity (Wildman–Crippen MR) is 45.0 cm³/mol. The van der Waals surface area contributed by atoms with Crippen LogP contribution >= 0.6 is 0 Å². The Morgan fingerprint density at radius 1 is 1.58 bits per heavy atom. The van der Waals surface area contributed by atoms with Gasteiger partial charge in [0.1, 0.15) is 5.69 Å². The minimum Gasteiger partial charge on any atom is -0.494 e. The summed E-state index contributed by atoms with van der Waals surface area (Å²) in [5.74, 6) is 0.658. The average molecular weight is 166 g/mol. The Morgan fingerprint density at radius 2 is 2.42 bits per heavy atom. The van der Waals surface area contributed by atoms with Crippen LogP contribution in [-0.2, 0) is 11.3 Å². The van der Waals surface area contributed by atoms with Gasteiger partial charge in [0.15, 0.2) is 5.75 Å². The standard InChI is InChI=1S/C9H12NO2/c1-3-12-7-8-9(11-2)5-4-6-10-8/h4,6H,3,7H2,1-2H3. The van der Waals surface area contributed by atoms with Crippen molar-refractivity contribution in [2.75, 3.05) is 13.7 Å². The Balaban J connectivity index is 2.68. The fraction of sp³-hybridized carbons (Fsp3) is 0.444. The van der Waals surface area contributed by atoms with Gasteiger partial charge in [-0.2, -0.15) is 0 Å². The van der Waals surface area contributed by atoms with Crippen LogP contribution in [0.25, 0.3) is 0 Å². The summed E-state index contributed by atoms with van der Waals surface area (Å²) in [5, 5.41) is 0. The minimum atomic E-state index is 0.483. The van der Waals surface area contributed by atoms with Crippen LogP contribution in [0.1, 0.15) is 12.6 Å². The maximum Gasteiger partial charge on any atom is 0.150 e. The van der Waals surface area contributed by atoms with Gasteiger partial charge in [-0.1, -0.05) is 0 Å². The van der Waals surface area contributed by atoms with Crippen molar-refractivity contribution in [1.82, 2.24) is 4.98 Å². The topological polar surface area (TPSA) is 31.4 Å². The van der Waals surface area contributed by atoms with Crippen LogP contribution in [-0.4, -0.2) is 18.7 Å². The number of rotatable bonds is 4. The Kier molecular flexibility index (Phi) is 3.54. The molecule has 1 aromatic rings. The first-order chi connectivity index (χ1) is 5.88. The van der Waals surface area contributed by atoms with Crippen molar-refractivity contribution in [3.05, 3.63) is 24.0 Å². The van der Waals surface area contributed by atoms with Gasteiger partial charge in [0.05, 0.1) is 13.7 Å². The molecule has 1 radical (unpaired) electrons. The van der Waals surface area contributed by atoms with E-state index in [1.807, 2.05) is 6.92 Å². The lowest BCUT2D eigenvalue weighted by atomic mass is 10.3. The van der Waals surface area contributed by atoms with Crippen LogP contribution in [0.2, 0.25) is 0 Å². The summed E-state index contributed by atoms with van der Waals surface area (Å²) in [6.45, 7) is 3.11. The van der Waals surface area contributed by atoms with Crippen LogP contribution in [0, 0.1) is 6.07 Å². The molecule has 0 saturated heterocycles. The molecule has 0 aliphatic rings. The van der Waals surface area contributed by atoms with E-state index in [0.29, 0.717) is 19.0 Å². The van der Waals surface area contributed by atoms with E-state index < -0.39 is 0 Å². The highest BCUT2D eigenvalue weighted by Crippen LogP contribution is 2.13. The lowest BCUT2D eigenvalue weighted by Crippen LogP contribution is -1.98. The van der Waals surface area contributed by atoms with E-state index in [1.54, 1.807) is 19.4 Å². The number of hydrogen-bond donors (Lipinski definition) is 0. The van der Waals surface area contributed by atoms with E-state index in [1.165, 1.54) is 0 Å². The molecule has 65 valence electrons. The highest BCUT2D eigenvalue weighted by molar-refractivity contribution is 5.24. The van der Waals surface area contributed by atoms with E-state index in [9.17, 15) is 0 Å². The molecular weight excluding hydrogens is 154 g/mol. The molecule has 0 fully saturated rings. The molecule has 1 rings (SSSR count). The van der Waals surface area contributed by atoms with Crippen molar-refractivity contribution < 1.29 is 9.47 Å². The zero-order valence-electron chi connectivity index (χ0n) is 7.33. The number of ether oxygens (including phenoxy) is 2. The molecule has 0 N–H and O–H groups in total. The maximum absolute atomic E-state index is 5.20. The third-order valence-electron chi connectivity index (χ3n) is 1.43. The van der Waals surface area contributed by atoms with Crippen molar-refractivity contribution in [2.24, 2.45) is 0 Å². The quantitative estimate of drug-likeness (QED) is 0.678. The second-order valence-corrected chi connectivity index (χ2v) is 2.21. The van der Waals surface area contributed by atoms with Crippen molar-refractivity contribution in [1.29, 1.82) is 0 Å². The summed E-state index contributed by atoms with van der Waals surface area (Å²) >= 11 is 0. The molecule has 0 atom stereocenters. The molecule has 0 bridgehead atoms. The molecule has 12 heavy (non-hydrogen) atoms. The van der Waals surface area contributed by atoms with Gasteiger partial charge < -0.3 is 9.47 Å². The number of nitrogens with zero attached hydrogens (tertiary/aromatic N) is 1. The highest BCUT2D eigenvalue weighted by Gasteiger charge is 2.01. The van der Waals surface area contributed by atoms with Crippen molar-refractivity contribution in [3.8, 4) is 5.75 Å². The van der Waals surface area contributed by atoms with Crippen LogP contribution in [0.4, 0.5) is 0 Å². The zero-order chi connectivity index (χ0) is 8.81. The van der Waals surface area contributed by atoms with Gasteiger partial charge in [0.25, 0.3) is 0 Å². The molecule has 3 heteroatoms. The average Bonchev–Trinajstić information content (AvgIpc) is 2.15. The Bertz CT molecular complexity index is 238. The summed E-state index contributed by atoms with van der Waals surface area (Å²) in [4.78, 5) is 4.11. The molecule has 0 unspecified atom stereocenters. The first kappa shape index (κ1) is 9.00. The fourth-order valence-corrected chi connectivity index (χ4v) is 0.860. The van der Waals surface area contributed by atoms with Crippen molar-refractivity contribution in [2.45, 2.75) is 13.5 Å². The Morgan fingerprint density at radius 3 is 3.08 bits per heavy atom. The minimum absolute atomic E-state index is 0.483. The Labute approximate surface area is 72.3 Å². The van der Waals surface area contributed by atoms with E-state index in [-0.39, 0.29) is 0 Å². The SMILES string of the molecule is CCOCc1ncc[c]c1OC. The molecule has 0 aliphatic carbocycles. The summed E-state index contributed by atoms with van der Waals surface area (Å²) in [6.07, 6.45) is 1.68. The van der Waals surface area contributed by atoms with Gasteiger partial charge >= 0.3 is 0 Å². The molecule has 0 aromatic carbocycles. The second kappa shape index (κ2) is 4.72. The fourth-order valence-electron chi connectivity index (χ4n) is 0.860. The van der Waals surface area contributed by atoms with Crippen molar-refractivity contribution >= 4 is 0 Å². The smallest absolute Gasteiger partial charge is 0.150 e. The number of hydrogen-bond acceptors (Lipinski definition) is 3. The van der Waals surface area contributed by atoms with E-state index in [2.05, 4.69) is 11.1 Å². The van der Waals surface area contributed by atoms with Gasteiger partial charge in [-0.3, -0.25) is 4.98 Å². The maximum atomic E-state index is 5.20. The molecular formula is C9H12NO2. The number of pyridine rings is 1. The zero-order valence-corrected chi connectivity index (χ0v) is 7.33. The summed E-state index contributed by atoms with van der Waals surface area (Å²) in [7, 11) is 1.60. The largest absolute Gasteiger partial charge is 0.494 e. The second-order valence-electron chi connectivity index (χ2n) is 2.21. The van der Waals surface area contributed by atoms with Crippen LogP contribution in [0.3, 0.4) is 0 Å². The molecule has 3 nitrogen and oxygen atoms in total. The highest BCUT2D eigenvalue weighted by atomic mass is 16.5. The first-order valence-electron chi connectivity index (χ1n) is 3.85. The predicted octanol–water partition coefficient (Wildman–Crippen LogP) is 1.43. The van der Waals surface area contributed by atoms with Gasteiger partial charge in [-0.25, -0.2) is 0 Å². The van der Waals surface area contributed by atoms with Crippen LogP contribution < -0.4 is 4.74 Å². The first-order valence-corrected chi connectivity index (χ1v) is 3.85. The number of aromatic nitrogens is 1. The molecule has 0 spiro atoms. The lowest BCUT2D eigenvalue weighted by Gasteiger charge is -2.05. The molecule has 0 saturated carbocycles. The van der Waals surface area contributed by atoms with E-state index in [0.717, 1.165) is 5.69 Å². The molecule has 1 aromatic heterocycles. The third kappa shape index (κ3) is 2.20. The Hall–Kier alpha value is -1.09. The van der Waals surface area contributed by atoms with Gasteiger partial charge in [0, 0.05) is 18.9 Å². The lowest BCUT2D eigenvalue weighted by molar-refractivity contribution is 0.129. The van der Waals surface area contributed by atoms with Gasteiger partial charge in [-0.05, 0) is 13.0 Å². The summed E-state index contributed by atoms with van der Waals surface area (Å²) in [5.41, 5.74) is 0.793. The molecule has 1 heterocycles. The van der Waals surface area contributed by atoms with Crippen LogP contribution in [0.5, 0.6) is 5.75 Å². The normalized spacial score (nSPS) is 9.83. The van der Waals surface area contributed by atoms with Crippen LogP contribution in [0.15, 0.2) is 12.3 Å². The molecule has 0 aliphatic heterocycles.